The van der Waals surface area contributed by atoms with Crippen molar-refractivity contribution in [2.24, 2.45) is 0 Å². The number of aromatic nitrogens is 4. The summed E-state index contributed by atoms with van der Waals surface area (Å²) in [7, 11) is -4.22. The van der Waals surface area contributed by atoms with Gasteiger partial charge in [0.25, 0.3) is 5.56 Å². The van der Waals surface area contributed by atoms with E-state index < -0.39 is 49.8 Å². The highest BCUT2D eigenvalue weighted by Crippen LogP contribution is 2.51. The highest BCUT2D eigenvalue weighted by molar-refractivity contribution is 7.48. The van der Waals surface area contributed by atoms with Gasteiger partial charge in [-0.1, -0.05) is 0 Å². The molecule has 1 amide bonds. The maximum absolute atomic E-state index is 13.1. The number of amides is 1. The summed E-state index contributed by atoms with van der Waals surface area (Å²) in [5.74, 6) is -1.11. The number of hydrogen-bond donors (Lipinski definition) is 4. The van der Waals surface area contributed by atoms with Crippen molar-refractivity contribution < 1.29 is 42.2 Å². The van der Waals surface area contributed by atoms with E-state index in [1.165, 1.54) is 10.9 Å². The fraction of sp³-hybridized carbons (Fsp3) is 0.632. The number of nitrogens with one attached hydrogen (secondary N) is 2. The van der Waals surface area contributed by atoms with Crippen molar-refractivity contribution in [3.8, 4) is 6.07 Å². The van der Waals surface area contributed by atoms with Crippen molar-refractivity contribution in [1.29, 1.82) is 5.26 Å². The summed E-state index contributed by atoms with van der Waals surface area (Å²) in [5, 5.41) is 19.5. The van der Waals surface area contributed by atoms with Crippen LogP contribution in [0.3, 0.4) is 0 Å². The Labute approximate surface area is 209 Å². The van der Waals surface area contributed by atoms with Crippen LogP contribution in [0.15, 0.2) is 11.1 Å². The molecule has 2 aromatic rings. The first-order valence-corrected chi connectivity index (χ1v) is 12.6. The molecule has 5 atom stereocenters. The Hall–Kier alpha value is -3.10. The number of fused-ring (bicyclic) bond motifs is 2. The fourth-order valence-corrected chi connectivity index (χ4v) is 5.12. The topological polar surface area (TPSA) is 235 Å². The monoisotopic (exact) mass is 543 g/mol. The number of phosphoric acid groups is 1. The fourth-order valence-electron chi connectivity index (χ4n) is 3.94. The van der Waals surface area contributed by atoms with E-state index in [0.29, 0.717) is 0 Å². The van der Waals surface area contributed by atoms with Crippen LogP contribution in [0.1, 0.15) is 26.5 Å². The molecule has 4 heterocycles. The van der Waals surface area contributed by atoms with E-state index in [1.54, 1.807) is 13.8 Å². The van der Waals surface area contributed by atoms with Crippen LogP contribution in [0.5, 0.6) is 0 Å². The summed E-state index contributed by atoms with van der Waals surface area (Å²) in [6.45, 7) is 2.35. The maximum Gasteiger partial charge on any atom is 0.474 e. The molecular weight excluding hydrogens is 517 g/mol. The van der Waals surface area contributed by atoms with E-state index in [2.05, 4.69) is 20.3 Å². The molecule has 0 spiro atoms. The Kier molecular flexibility index (Phi) is 7.80. The molecular formula is C19H26N7O10P. The maximum atomic E-state index is 13.1. The van der Waals surface area contributed by atoms with Crippen LogP contribution in [-0.4, -0.2) is 81.2 Å². The molecule has 0 bridgehead atoms. The molecule has 17 nitrogen and oxygen atoms in total. The van der Waals surface area contributed by atoms with Crippen LogP contribution in [0.2, 0.25) is 0 Å². The quantitative estimate of drug-likeness (QED) is 0.223. The third-order valence-electron chi connectivity index (χ3n) is 5.34. The Morgan fingerprint density at radius 1 is 1.35 bits per heavy atom. The molecule has 2 aromatic heterocycles. The van der Waals surface area contributed by atoms with Crippen molar-refractivity contribution in [2.75, 3.05) is 32.1 Å². The zero-order chi connectivity index (χ0) is 26.8. The minimum atomic E-state index is -4.22. The van der Waals surface area contributed by atoms with E-state index in [-0.39, 0.29) is 49.9 Å². The number of nitriles is 1. The lowest BCUT2D eigenvalue weighted by Crippen LogP contribution is -2.33. The molecule has 0 saturated carbocycles. The normalized spacial score (nSPS) is 26.0. The third-order valence-corrected chi connectivity index (χ3v) is 6.80. The first-order valence-electron chi connectivity index (χ1n) is 11.1. The highest BCUT2D eigenvalue weighted by atomic mass is 31.2. The van der Waals surface area contributed by atoms with Crippen molar-refractivity contribution in [2.45, 2.75) is 50.6 Å². The van der Waals surface area contributed by atoms with Crippen LogP contribution in [0.25, 0.3) is 11.2 Å². The van der Waals surface area contributed by atoms with Gasteiger partial charge in [0, 0.05) is 6.54 Å². The number of carbonyl (C=O) groups is 1. The SMILES string of the molecule is CC1(C)O[C@@H]2[C@H](O1)[C@@H](COP(=O)(OCCC#N)OCCNC(=O)O)O[C@H]2n1cnc2c(=O)[nH]c(N)nc21. The number of phosphoric ester groups is 1. The zero-order valence-corrected chi connectivity index (χ0v) is 20.8. The lowest BCUT2D eigenvalue weighted by Gasteiger charge is -2.25. The van der Waals surface area contributed by atoms with E-state index in [0.717, 1.165) is 0 Å². The summed E-state index contributed by atoms with van der Waals surface area (Å²) >= 11 is 0. The number of ether oxygens (including phenoxy) is 3. The third kappa shape index (κ3) is 6.08. The van der Waals surface area contributed by atoms with E-state index >= 15 is 0 Å². The van der Waals surface area contributed by atoms with Gasteiger partial charge in [-0.2, -0.15) is 10.2 Å². The second-order valence-corrected chi connectivity index (χ2v) is 10.1. The molecule has 0 radical (unpaired) electrons. The van der Waals surface area contributed by atoms with Gasteiger partial charge in [-0.3, -0.25) is 27.9 Å². The van der Waals surface area contributed by atoms with Crippen LogP contribution >= 0.6 is 7.82 Å². The van der Waals surface area contributed by atoms with Gasteiger partial charge in [-0.15, -0.1) is 0 Å². The van der Waals surface area contributed by atoms with Crippen molar-refractivity contribution in [3.63, 3.8) is 0 Å². The van der Waals surface area contributed by atoms with E-state index in [1.807, 2.05) is 6.07 Å². The number of aromatic amines is 1. The van der Waals surface area contributed by atoms with E-state index in [4.69, 9.17) is 43.9 Å². The first-order chi connectivity index (χ1) is 17.5. The van der Waals surface area contributed by atoms with Gasteiger partial charge in [0.1, 0.15) is 18.3 Å². The lowest BCUT2D eigenvalue weighted by atomic mass is 10.1. The average Bonchev–Trinajstić information content (AvgIpc) is 3.46. The highest BCUT2D eigenvalue weighted by Gasteiger charge is 2.56. The summed E-state index contributed by atoms with van der Waals surface area (Å²) in [5.41, 5.74) is 5.39. The largest absolute Gasteiger partial charge is 0.474 e. The number of H-pyrrole nitrogens is 1. The number of nitrogens with two attached hydrogens (primary N) is 1. The molecule has 202 valence electrons. The van der Waals surface area contributed by atoms with Gasteiger partial charge < -0.3 is 30.4 Å². The van der Waals surface area contributed by atoms with Gasteiger partial charge in [0.15, 0.2) is 23.2 Å². The zero-order valence-electron chi connectivity index (χ0n) is 19.9. The molecule has 2 aliphatic rings. The molecule has 0 aromatic carbocycles. The molecule has 5 N–H and O–H groups in total. The van der Waals surface area contributed by atoms with Crippen LogP contribution in [0.4, 0.5) is 10.7 Å². The minimum Gasteiger partial charge on any atom is -0.465 e. The predicted molar refractivity (Wildman–Crippen MR) is 122 cm³/mol. The summed E-state index contributed by atoms with van der Waals surface area (Å²) in [6.07, 6.45) is -3.10. The van der Waals surface area contributed by atoms with Crippen LogP contribution in [0, 0.1) is 11.3 Å². The van der Waals surface area contributed by atoms with Crippen molar-refractivity contribution >= 4 is 31.0 Å². The van der Waals surface area contributed by atoms with Crippen molar-refractivity contribution in [1.82, 2.24) is 24.8 Å². The number of hydrogen-bond acceptors (Lipinski definition) is 13. The number of rotatable bonds is 11. The van der Waals surface area contributed by atoms with Crippen molar-refractivity contribution in [3.05, 3.63) is 16.7 Å². The molecule has 4 rings (SSSR count). The molecule has 37 heavy (non-hydrogen) atoms. The smallest absolute Gasteiger partial charge is 0.465 e. The molecule has 18 heteroatoms. The molecule has 2 saturated heterocycles. The van der Waals surface area contributed by atoms with E-state index in [9.17, 15) is 14.2 Å². The average molecular weight is 543 g/mol. The van der Waals surface area contributed by atoms with Gasteiger partial charge in [0.2, 0.25) is 5.95 Å². The molecule has 1 unspecified atom stereocenters. The number of carboxylic acid groups (broad SMARTS) is 1. The molecule has 2 fully saturated rings. The Bertz CT molecular complexity index is 1290. The second kappa shape index (κ2) is 10.7. The van der Waals surface area contributed by atoms with Gasteiger partial charge in [-0.05, 0) is 13.8 Å². The number of nitrogen functional groups attached to an aromatic ring is 1. The number of nitrogens with zero attached hydrogens (tertiary/aromatic N) is 4. The minimum absolute atomic E-state index is 0.0472. The van der Waals surface area contributed by atoms with Crippen LogP contribution < -0.4 is 16.6 Å². The summed E-state index contributed by atoms with van der Waals surface area (Å²) < 4.78 is 48.6. The lowest BCUT2D eigenvalue weighted by molar-refractivity contribution is -0.199. The Balaban J connectivity index is 1.52. The first kappa shape index (κ1) is 26.9. The standard InChI is InChI=1S/C19H26N7O10P/c1-19(2)35-12-10(8-33-37(30,31-6-3-4-20)32-7-5-22-18(28)29)34-16(13(12)36-19)26-9-23-11-14(26)24-17(21)25-15(11)27/h9-10,12-13,16,22H,3,5-8H2,1-2H3,(H,28,29)(H3,21,24,25,27)/t10-,12-,13-,16-,37?/m1/s1. The molecule has 0 aliphatic carbocycles. The van der Waals surface area contributed by atoms with Gasteiger partial charge in [0.05, 0.1) is 38.6 Å². The number of imidazole rings is 1. The van der Waals surface area contributed by atoms with Gasteiger partial charge >= 0.3 is 13.9 Å². The summed E-state index contributed by atoms with van der Waals surface area (Å²) in [6, 6.07) is 1.85. The predicted octanol–water partition coefficient (Wildman–Crippen LogP) is 0.458. The number of anilines is 1. The van der Waals surface area contributed by atoms with Crippen LogP contribution in [-0.2, 0) is 32.3 Å². The Morgan fingerprint density at radius 2 is 2.08 bits per heavy atom. The molecule has 2 aliphatic heterocycles. The van der Waals surface area contributed by atoms with Gasteiger partial charge in [-0.25, -0.2) is 14.3 Å². The Morgan fingerprint density at radius 3 is 2.81 bits per heavy atom. The summed E-state index contributed by atoms with van der Waals surface area (Å²) in [4.78, 5) is 33.5. The second-order valence-electron chi connectivity index (χ2n) is 8.45.